The van der Waals surface area contributed by atoms with E-state index in [1.807, 2.05) is 0 Å². The molecule has 0 saturated carbocycles. The summed E-state index contributed by atoms with van der Waals surface area (Å²) < 4.78 is 30.7. The normalized spacial score (nSPS) is 9.55. The third-order valence-electron chi connectivity index (χ3n) is 2.59. The fourth-order valence-corrected chi connectivity index (χ4v) is 1.52. The summed E-state index contributed by atoms with van der Waals surface area (Å²) >= 11 is 0. The van der Waals surface area contributed by atoms with Gasteiger partial charge in [0.05, 0.1) is 7.11 Å². The Morgan fingerprint density at radius 1 is 1.05 bits per heavy atom. The Morgan fingerprint density at radius 3 is 2.35 bits per heavy atom. The van der Waals surface area contributed by atoms with Gasteiger partial charge in [-0.05, 0) is 48.4 Å². The molecule has 0 amide bonds. The van der Waals surface area contributed by atoms with Crippen LogP contribution in [-0.2, 0) is 0 Å². The lowest BCUT2D eigenvalue weighted by Crippen LogP contribution is -1.95. The predicted octanol–water partition coefficient (Wildman–Crippen LogP) is 3.21. The van der Waals surface area contributed by atoms with Crippen LogP contribution < -0.4 is 4.74 Å². The number of hydrogen-bond donors (Lipinski definition) is 0. The second kappa shape index (κ2) is 5.98. The molecule has 0 aliphatic heterocycles. The fraction of sp³-hybridized carbons (Fsp3) is 0.0625. The lowest BCUT2D eigenvalue weighted by Gasteiger charge is -1.99. The van der Waals surface area contributed by atoms with Crippen LogP contribution in [0.4, 0.5) is 8.78 Å². The third kappa shape index (κ3) is 3.21. The van der Waals surface area contributed by atoms with Gasteiger partial charge in [0.15, 0.2) is 11.6 Å². The van der Waals surface area contributed by atoms with Crippen LogP contribution in [0.3, 0.4) is 0 Å². The molecule has 0 fully saturated rings. The van der Waals surface area contributed by atoms with E-state index >= 15 is 0 Å². The molecule has 2 rings (SSSR count). The highest BCUT2D eigenvalue weighted by Crippen LogP contribution is 2.12. The zero-order valence-corrected chi connectivity index (χ0v) is 10.6. The van der Waals surface area contributed by atoms with Crippen molar-refractivity contribution in [2.45, 2.75) is 0 Å². The number of benzene rings is 2. The average Bonchev–Trinajstić information content (AvgIpc) is 2.48. The van der Waals surface area contributed by atoms with Crippen molar-refractivity contribution >= 4 is 5.78 Å². The number of Topliss-reactive ketones (excluding diaryl/α,β-unsaturated/α-hetero) is 1. The van der Waals surface area contributed by atoms with E-state index in [1.165, 1.54) is 13.2 Å². The molecule has 0 spiro atoms. The lowest BCUT2D eigenvalue weighted by molar-refractivity contribution is 0.105. The number of hydrogen-bond acceptors (Lipinski definition) is 2. The minimum absolute atomic E-state index is 0.241. The van der Waals surface area contributed by atoms with Crippen LogP contribution in [-0.4, -0.2) is 12.9 Å². The van der Waals surface area contributed by atoms with Gasteiger partial charge >= 0.3 is 0 Å². The van der Waals surface area contributed by atoms with Crippen LogP contribution in [0.2, 0.25) is 0 Å². The van der Waals surface area contributed by atoms with Crippen molar-refractivity contribution in [2.75, 3.05) is 7.11 Å². The fourth-order valence-electron chi connectivity index (χ4n) is 1.52. The van der Waals surface area contributed by atoms with Gasteiger partial charge in [-0.3, -0.25) is 4.79 Å². The van der Waals surface area contributed by atoms with E-state index < -0.39 is 17.4 Å². The molecular formula is C16H10F2O2. The summed E-state index contributed by atoms with van der Waals surface area (Å²) in [7, 11) is 1.53. The van der Waals surface area contributed by atoms with Gasteiger partial charge in [-0.2, -0.15) is 0 Å². The van der Waals surface area contributed by atoms with E-state index in [0.29, 0.717) is 11.3 Å². The Hall–Kier alpha value is -2.67. The Labute approximate surface area is 115 Å². The molecule has 0 aromatic heterocycles. The SMILES string of the molecule is COc1ccc(C(=O)C#Cc2ccc(F)c(F)c2)cc1. The molecule has 2 aromatic carbocycles. The number of halogens is 2. The molecule has 100 valence electrons. The largest absolute Gasteiger partial charge is 0.497 e. The Morgan fingerprint density at radius 2 is 1.75 bits per heavy atom. The van der Waals surface area contributed by atoms with Crippen molar-refractivity contribution < 1.29 is 18.3 Å². The van der Waals surface area contributed by atoms with E-state index in [1.54, 1.807) is 24.3 Å². The Balaban J connectivity index is 2.18. The molecule has 0 unspecified atom stereocenters. The van der Waals surface area contributed by atoms with Crippen molar-refractivity contribution in [1.82, 2.24) is 0 Å². The molecule has 0 radical (unpaired) electrons. The molecule has 2 nitrogen and oxygen atoms in total. The highest BCUT2D eigenvalue weighted by atomic mass is 19.2. The second-order valence-corrected chi connectivity index (χ2v) is 3.94. The molecule has 0 saturated heterocycles. The minimum Gasteiger partial charge on any atom is -0.497 e. The van der Waals surface area contributed by atoms with Crippen molar-refractivity contribution in [3.63, 3.8) is 0 Å². The third-order valence-corrected chi connectivity index (χ3v) is 2.59. The van der Waals surface area contributed by atoms with Gasteiger partial charge in [0.25, 0.3) is 0 Å². The molecule has 0 bridgehead atoms. The quantitative estimate of drug-likeness (QED) is 0.620. The van der Waals surface area contributed by atoms with Crippen LogP contribution >= 0.6 is 0 Å². The summed E-state index contributed by atoms with van der Waals surface area (Å²) in [5.74, 6) is 3.17. The maximum Gasteiger partial charge on any atom is 0.236 e. The highest BCUT2D eigenvalue weighted by Gasteiger charge is 2.03. The summed E-state index contributed by atoms with van der Waals surface area (Å²) in [5, 5.41) is 0. The van der Waals surface area contributed by atoms with Crippen LogP contribution in [0.25, 0.3) is 0 Å². The molecule has 20 heavy (non-hydrogen) atoms. The zero-order valence-electron chi connectivity index (χ0n) is 10.6. The first-order valence-corrected chi connectivity index (χ1v) is 5.75. The Kier molecular flexibility index (Phi) is 4.11. The van der Waals surface area contributed by atoms with Crippen molar-refractivity contribution in [3.05, 3.63) is 65.2 Å². The van der Waals surface area contributed by atoms with E-state index in [-0.39, 0.29) is 5.56 Å². The van der Waals surface area contributed by atoms with Crippen LogP contribution in [0.1, 0.15) is 15.9 Å². The first-order valence-electron chi connectivity index (χ1n) is 5.75. The van der Waals surface area contributed by atoms with Gasteiger partial charge in [-0.1, -0.05) is 5.92 Å². The van der Waals surface area contributed by atoms with E-state index in [2.05, 4.69) is 11.8 Å². The van der Waals surface area contributed by atoms with Gasteiger partial charge in [-0.25, -0.2) is 8.78 Å². The van der Waals surface area contributed by atoms with E-state index in [4.69, 9.17) is 4.74 Å². The first kappa shape index (κ1) is 13.8. The van der Waals surface area contributed by atoms with Crippen LogP contribution in [0, 0.1) is 23.5 Å². The number of ketones is 1. The molecule has 4 heteroatoms. The monoisotopic (exact) mass is 272 g/mol. The second-order valence-electron chi connectivity index (χ2n) is 3.94. The van der Waals surface area contributed by atoms with Gasteiger partial charge in [0.2, 0.25) is 5.78 Å². The molecule has 0 heterocycles. The maximum atomic E-state index is 13.0. The van der Waals surface area contributed by atoms with E-state index in [0.717, 1.165) is 12.1 Å². The number of ether oxygens (including phenoxy) is 1. The van der Waals surface area contributed by atoms with Gasteiger partial charge in [0.1, 0.15) is 5.75 Å². The molecule has 0 N–H and O–H groups in total. The smallest absolute Gasteiger partial charge is 0.236 e. The van der Waals surface area contributed by atoms with Crippen LogP contribution in [0.15, 0.2) is 42.5 Å². The minimum atomic E-state index is -0.992. The molecule has 2 aromatic rings. The van der Waals surface area contributed by atoms with Crippen molar-refractivity contribution in [3.8, 4) is 17.6 Å². The van der Waals surface area contributed by atoms with E-state index in [9.17, 15) is 13.6 Å². The molecule has 0 aliphatic rings. The number of carbonyl (C=O) groups is 1. The van der Waals surface area contributed by atoms with Gasteiger partial charge in [0, 0.05) is 11.1 Å². The van der Waals surface area contributed by atoms with Gasteiger partial charge in [-0.15, -0.1) is 0 Å². The van der Waals surface area contributed by atoms with Crippen molar-refractivity contribution in [2.24, 2.45) is 0 Å². The topological polar surface area (TPSA) is 26.3 Å². The molecule has 0 aliphatic carbocycles. The summed E-state index contributed by atoms with van der Waals surface area (Å²) in [6.07, 6.45) is 0. The summed E-state index contributed by atoms with van der Waals surface area (Å²) in [6, 6.07) is 9.69. The standard InChI is InChI=1S/C16H10F2O2/c1-20-13-6-4-12(5-7-13)16(19)9-3-11-2-8-14(17)15(18)10-11/h2,4-8,10H,1H3. The Bertz CT molecular complexity index is 695. The zero-order chi connectivity index (χ0) is 14.5. The van der Waals surface area contributed by atoms with Crippen LogP contribution in [0.5, 0.6) is 5.75 Å². The number of methoxy groups -OCH3 is 1. The molecule has 0 atom stereocenters. The summed E-state index contributed by atoms with van der Waals surface area (Å²) in [4.78, 5) is 11.8. The highest BCUT2D eigenvalue weighted by molar-refractivity contribution is 6.09. The predicted molar refractivity (Wildman–Crippen MR) is 70.6 cm³/mol. The first-order chi connectivity index (χ1) is 9.60. The average molecular weight is 272 g/mol. The summed E-state index contributed by atoms with van der Waals surface area (Å²) in [6.45, 7) is 0. The molecular weight excluding hydrogens is 262 g/mol. The number of carbonyl (C=O) groups excluding carboxylic acids is 1. The summed E-state index contributed by atoms with van der Waals surface area (Å²) in [5.41, 5.74) is 0.645. The lowest BCUT2D eigenvalue weighted by atomic mass is 10.1. The van der Waals surface area contributed by atoms with Gasteiger partial charge < -0.3 is 4.74 Å². The number of rotatable bonds is 2. The maximum absolute atomic E-state index is 13.0. The van der Waals surface area contributed by atoms with Crippen molar-refractivity contribution in [1.29, 1.82) is 0 Å².